The Bertz CT molecular complexity index is 820. The number of nitrogens with zero attached hydrogens (tertiary/aromatic N) is 3. The minimum atomic E-state index is -3.61. The normalized spacial score (nSPS) is 19.2. The summed E-state index contributed by atoms with van der Waals surface area (Å²) in [6.45, 7) is 10.1. The lowest BCUT2D eigenvalue weighted by atomic mass is 9.98. The molecule has 0 saturated carbocycles. The molecule has 3 rings (SSSR count). The minimum absolute atomic E-state index is 0.0258. The van der Waals surface area contributed by atoms with Gasteiger partial charge in [-0.1, -0.05) is 33.6 Å². The van der Waals surface area contributed by atoms with E-state index in [9.17, 15) is 13.2 Å². The molecule has 168 valence electrons. The van der Waals surface area contributed by atoms with E-state index in [1.54, 1.807) is 12.1 Å². The van der Waals surface area contributed by atoms with Crippen LogP contribution in [0.3, 0.4) is 0 Å². The highest BCUT2D eigenvalue weighted by molar-refractivity contribution is 7.89. The van der Waals surface area contributed by atoms with Crippen molar-refractivity contribution < 1.29 is 13.2 Å². The number of piperidine rings is 1. The average molecular weight is 436 g/mol. The van der Waals surface area contributed by atoms with Gasteiger partial charge in [-0.05, 0) is 49.8 Å². The molecule has 1 aromatic rings. The lowest BCUT2D eigenvalue weighted by molar-refractivity contribution is 0.0762. The molecule has 6 nitrogen and oxygen atoms in total. The molecular weight excluding hydrogens is 398 g/mol. The van der Waals surface area contributed by atoms with Gasteiger partial charge in [-0.25, -0.2) is 8.42 Å². The summed E-state index contributed by atoms with van der Waals surface area (Å²) in [4.78, 5) is 18.0. The highest BCUT2D eigenvalue weighted by Gasteiger charge is 2.28. The molecule has 2 heterocycles. The van der Waals surface area contributed by atoms with E-state index in [2.05, 4.69) is 11.8 Å². The maximum Gasteiger partial charge on any atom is 0.256 e. The van der Waals surface area contributed by atoms with E-state index >= 15 is 0 Å². The number of carbonyl (C=O) groups excluding carboxylic acids is 1. The smallest absolute Gasteiger partial charge is 0.256 e. The molecule has 1 aromatic carbocycles. The summed E-state index contributed by atoms with van der Waals surface area (Å²) in [5, 5.41) is 0. The van der Waals surface area contributed by atoms with Crippen molar-refractivity contribution >= 4 is 21.6 Å². The van der Waals surface area contributed by atoms with Crippen LogP contribution in [0.5, 0.6) is 0 Å². The minimum Gasteiger partial charge on any atom is -0.371 e. The zero-order valence-corrected chi connectivity index (χ0v) is 19.6. The van der Waals surface area contributed by atoms with Crippen LogP contribution in [0, 0.1) is 5.92 Å². The number of benzene rings is 1. The Kier molecular flexibility index (Phi) is 7.80. The van der Waals surface area contributed by atoms with Gasteiger partial charge >= 0.3 is 0 Å². The Hall–Kier alpha value is -1.60. The van der Waals surface area contributed by atoms with Crippen molar-refractivity contribution in [2.75, 3.05) is 44.2 Å². The molecule has 2 aliphatic heterocycles. The third-order valence-electron chi connectivity index (χ3n) is 6.56. The van der Waals surface area contributed by atoms with E-state index in [-0.39, 0.29) is 10.8 Å². The van der Waals surface area contributed by atoms with Crippen LogP contribution in [0.2, 0.25) is 0 Å². The van der Waals surface area contributed by atoms with Crippen molar-refractivity contribution in [1.29, 1.82) is 0 Å². The van der Waals surface area contributed by atoms with Crippen LogP contribution in [0.1, 0.15) is 69.7 Å². The number of hydrogen-bond acceptors (Lipinski definition) is 4. The summed E-state index contributed by atoms with van der Waals surface area (Å²) in [5.74, 6) is 0.662. The van der Waals surface area contributed by atoms with E-state index in [1.165, 1.54) is 4.31 Å². The fourth-order valence-corrected chi connectivity index (χ4v) is 6.01. The Morgan fingerprint density at radius 1 is 1.00 bits per heavy atom. The molecule has 0 radical (unpaired) electrons. The Morgan fingerprint density at radius 2 is 1.60 bits per heavy atom. The number of anilines is 1. The summed E-state index contributed by atoms with van der Waals surface area (Å²) in [6, 6.07) is 5.17. The maximum absolute atomic E-state index is 13.6. The van der Waals surface area contributed by atoms with Gasteiger partial charge in [0.1, 0.15) is 0 Å². The molecule has 1 amide bonds. The van der Waals surface area contributed by atoms with Crippen LogP contribution in [-0.4, -0.2) is 62.8 Å². The highest BCUT2D eigenvalue weighted by Crippen LogP contribution is 2.31. The van der Waals surface area contributed by atoms with Crippen molar-refractivity contribution in [2.45, 2.75) is 64.2 Å². The number of likely N-dealkylation sites (tertiary alicyclic amines) is 1. The first kappa shape index (κ1) is 23.1. The quantitative estimate of drug-likeness (QED) is 0.678. The van der Waals surface area contributed by atoms with Crippen molar-refractivity contribution in [3.05, 3.63) is 23.8 Å². The lowest BCUT2D eigenvalue weighted by Crippen LogP contribution is -2.37. The summed E-state index contributed by atoms with van der Waals surface area (Å²) < 4.78 is 27.7. The molecule has 0 aliphatic carbocycles. The number of sulfonamides is 1. The van der Waals surface area contributed by atoms with E-state index in [0.717, 1.165) is 70.4 Å². The SMILES string of the molecule is CCN(CC)S(=O)(=O)c1ccc(N2CCC(C)CC2)c(C(=O)N2CCCCCC2)c1. The maximum atomic E-state index is 13.6. The summed E-state index contributed by atoms with van der Waals surface area (Å²) in [5.41, 5.74) is 1.43. The Balaban J connectivity index is 2.01. The molecule has 2 saturated heterocycles. The van der Waals surface area contributed by atoms with Gasteiger partial charge in [0, 0.05) is 45.0 Å². The molecule has 2 fully saturated rings. The fourth-order valence-electron chi connectivity index (χ4n) is 4.53. The predicted molar refractivity (Wildman–Crippen MR) is 122 cm³/mol. The summed E-state index contributed by atoms with van der Waals surface area (Å²) in [6.07, 6.45) is 6.52. The topological polar surface area (TPSA) is 60.9 Å². The van der Waals surface area contributed by atoms with Gasteiger partial charge in [0.05, 0.1) is 10.5 Å². The van der Waals surface area contributed by atoms with Crippen LogP contribution in [-0.2, 0) is 10.0 Å². The van der Waals surface area contributed by atoms with E-state index < -0.39 is 10.0 Å². The van der Waals surface area contributed by atoms with Gasteiger partial charge in [0.15, 0.2) is 0 Å². The van der Waals surface area contributed by atoms with Gasteiger partial charge in [-0.3, -0.25) is 4.79 Å². The molecule has 0 N–H and O–H groups in total. The second kappa shape index (κ2) is 10.1. The molecule has 0 aromatic heterocycles. The average Bonchev–Trinajstić information content (AvgIpc) is 3.04. The van der Waals surface area contributed by atoms with Crippen LogP contribution >= 0.6 is 0 Å². The molecule has 7 heteroatoms. The third-order valence-corrected chi connectivity index (χ3v) is 8.61. The molecule has 0 unspecified atom stereocenters. The summed E-state index contributed by atoms with van der Waals surface area (Å²) in [7, 11) is -3.61. The van der Waals surface area contributed by atoms with Crippen molar-refractivity contribution in [3.8, 4) is 0 Å². The Morgan fingerprint density at radius 3 is 2.17 bits per heavy atom. The van der Waals surface area contributed by atoms with Crippen molar-refractivity contribution in [2.24, 2.45) is 5.92 Å². The van der Waals surface area contributed by atoms with Gasteiger partial charge < -0.3 is 9.80 Å². The largest absolute Gasteiger partial charge is 0.371 e. The van der Waals surface area contributed by atoms with Gasteiger partial charge in [0.25, 0.3) is 5.91 Å². The van der Waals surface area contributed by atoms with Crippen LogP contribution < -0.4 is 4.90 Å². The monoisotopic (exact) mass is 435 g/mol. The molecular formula is C23H37N3O3S. The van der Waals surface area contributed by atoms with Gasteiger partial charge in [0.2, 0.25) is 10.0 Å². The van der Waals surface area contributed by atoms with Crippen LogP contribution in [0.15, 0.2) is 23.1 Å². The highest BCUT2D eigenvalue weighted by atomic mass is 32.2. The first-order valence-corrected chi connectivity index (χ1v) is 13.0. The first-order valence-electron chi connectivity index (χ1n) is 11.6. The number of hydrogen-bond donors (Lipinski definition) is 0. The van der Waals surface area contributed by atoms with Gasteiger partial charge in [-0.15, -0.1) is 0 Å². The zero-order valence-electron chi connectivity index (χ0n) is 18.8. The third kappa shape index (κ3) is 4.99. The lowest BCUT2D eigenvalue weighted by Gasteiger charge is -2.34. The fraction of sp³-hybridized carbons (Fsp3) is 0.696. The van der Waals surface area contributed by atoms with Crippen LogP contribution in [0.25, 0.3) is 0 Å². The Labute approximate surface area is 182 Å². The zero-order chi connectivity index (χ0) is 21.7. The van der Waals surface area contributed by atoms with Crippen molar-refractivity contribution in [1.82, 2.24) is 9.21 Å². The van der Waals surface area contributed by atoms with Gasteiger partial charge in [-0.2, -0.15) is 4.31 Å². The number of rotatable bonds is 6. The van der Waals surface area contributed by atoms with Crippen molar-refractivity contribution in [3.63, 3.8) is 0 Å². The summed E-state index contributed by atoms with van der Waals surface area (Å²) >= 11 is 0. The molecule has 0 bridgehead atoms. The molecule has 0 atom stereocenters. The molecule has 0 spiro atoms. The second-order valence-corrected chi connectivity index (χ2v) is 10.6. The second-order valence-electron chi connectivity index (χ2n) is 8.64. The first-order chi connectivity index (χ1) is 14.4. The molecule has 30 heavy (non-hydrogen) atoms. The number of amides is 1. The predicted octanol–water partition coefficient (Wildman–Crippen LogP) is 3.97. The van der Waals surface area contributed by atoms with E-state index in [0.29, 0.717) is 24.6 Å². The van der Waals surface area contributed by atoms with E-state index in [4.69, 9.17) is 0 Å². The standard InChI is InChI=1S/C23H37N3O3S/c1-4-26(5-2)30(28,29)20-10-11-22(24-16-12-19(3)13-17-24)21(18-20)23(27)25-14-8-6-7-9-15-25/h10-11,18-19H,4-9,12-17H2,1-3H3. The van der Waals surface area contributed by atoms with Crippen LogP contribution in [0.4, 0.5) is 5.69 Å². The number of carbonyl (C=O) groups is 1. The van der Waals surface area contributed by atoms with E-state index in [1.807, 2.05) is 24.8 Å². The molecule has 2 aliphatic rings.